The lowest BCUT2D eigenvalue weighted by Gasteiger charge is -2.39. The highest BCUT2D eigenvalue weighted by Crippen LogP contribution is 2.26. The SMILES string of the molecule is N#CCCN(c1ccccc1)C1CCCCC1N. The lowest BCUT2D eigenvalue weighted by molar-refractivity contribution is 0.364. The molecule has 3 nitrogen and oxygen atoms in total. The van der Waals surface area contributed by atoms with Crippen molar-refractivity contribution < 1.29 is 0 Å². The molecule has 0 amide bonds. The average molecular weight is 243 g/mol. The predicted octanol–water partition coefficient (Wildman–Crippen LogP) is 2.68. The molecule has 0 aromatic heterocycles. The van der Waals surface area contributed by atoms with E-state index in [1.165, 1.54) is 18.5 Å². The molecule has 0 spiro atoms. The number of nitriles is 1. The first-order chi connectivity index (χ1) is 8.83. The Kier molecular flexibility index (Phi) is 4.60. The first kappa shape index (κ1) is 12.9. The third kappa shape index (κ3) is 3.02. The number of hydrogen-bond acceptors (Lipinski definition) is 3. The molecular weight excluding hydrogens is 222 g/mol. The van der Waals surface area contributed by atoms with Gasteiger partial charge in [-0.3, -0.25) is 0 Å². The van der Waals surface area contributed by atoms with E-state index in [2.05, 4.69) is 23.1 Å². The van der Waals surface area contributed by atoms with Gasteiger partial charge in [0.15, 0.2) is 0 Å². The number of hydrogen-bond donors (Lipinski definition) is 1. The van der Waals surface area contributed by atoms with Crippen LogP contribution < -0.4 is 10.6 Å². The molecule has 1 aliphatic carbocycles. The van der Waals surface area contributed by atoms with E-state index in [9.17, 15) is 0 Å². The highest BCUT2D eigenvalue weighted by Gasteiger charge is 2.27. The highest BCUT2D eigenvalue weighted by atomic mass is 15.2. The van der Waals surface area contributed by atoms with Gasteiger partial charge in [-0.1, -0.05) is 31.0 Å². The lowest BCUT2D eigenvalue weighted by Crippen LogP contribution is -2.50. The Labute approximate surface area is 109 Å². The smallest absolute Gasteiger partial charge is 0.0640 e. The minimum Gasteiger partial charge on any atom is -0.366 e. The van der Waals surface area contributed by atoms with Crippen molar-refractivity contribution in [2.45, 2.75) is 44.2 Å². The van der Waals surface area contributed by atoms with Gasteiger partial charge in [-0.05, 0) is 25.0 Å². The lowest BCUT2D eigenvalue weighted by atomic mass is 9.89. The molecule has 96 valence electrons. The van der Waals surface area contributed by atoms with Crippen LogP contribution in [0.5, 0.6) is 0 Å². The highest BCUT2D eigenvalue weighted by molar-refractivity contribution is 5.47. The predicted molar refractivity (Wildman–Crippen MR) is 74.2 cm³/mol. The molecule has 2 N–H and O–H groups in total. The number of nitrogens with zero attached hydrogens (tertiary/aromatic N) is 2. The largest absolute Gasteiger partial charge is 0.366 e. The van der Waals surface area contributed by atoms with Crippen molar-refractivity contribution in [2.75, 3.05) is 11.4 Å². The molecule has 1 aliphatic rings. The Morgan fingerprint density at radius 1 is 1.22 bits per heavy atom. The fourth-order valence-corrected chi connectivity index (χ4v) is 2.80. The van der Waals surface area contributed by atoms with Crippen LogP contribution in [0.1, 0.15) is 32.1 Å². The first-order valence-corrected chi connectivity index (χ1v) is 6.77. The third-order valence-corrected chi connectivity index (χ3v) is 3.73. The van der Waals surface area contributed by atoms with Gasteiger partial charge in [-0.25, -0.2) is 0 Å². The fraction of sp³-hybridized carbons (Fsp3) is 0.533. The summed E-state index contributed by atoms with van der Waals surface area (Å²) in [6.45, 7) is 0.777. The van der Waals surface area contributed by atoms with Crippen molar-refractivity contribution in [2.24, 2.45) is 5.73 Å². The van der Waals surface area contributed by atoms with Crippen LogP contribution in [0.3, 0.4) is 0 Å². The van der Waals surface area contributed by atoms with Crippen LogP contribution in [-0.2, 0) is 0 Å². The Bertz CT molecular complexity index is 396. The summed E-state index contributed by atoms with van der Waals surface area (Å²) in [5.74, 6) is 0. The van der Waals surface area contributed by atoms with Gasteiger partial charge >= 0.3 is 0 Å². The van der Waals surface area contributed by atoms with E-state index in [0.717, 1.165) is 19.4 Å². The number of para-hydroxylation sites is 1. The van der Waals surface area contributed by atoms with E-state index in [0.29, 0.717) is 12.5 Å². The molecule has 2 unspecified atom stereocenters. The Morgan fingerprint density at radius 2 is 1.94 bits per heavy atom. The van der Waals surface area contributed by atoms with Gasteiger partial charge in [0.2, 0.25) is 0 Å². The Hall–Kier alpha value is -1.53. The van der Waals surface area contributed by atoms with E-state index in [4.69, 9.17) is 11.0 Å². The Balaban J connectivity index is 2.16. The summed E-state index contributed by atoms with van der Waals surface area (Å²) >= 11 is 0. The summed E-state index contributed by atoms with van der Waals surface area (Å²) < 4.78 is 0. The van der Waals surface area contributed by atoms with Crippen LogP contribution in [0.2, 0.25) is 0 Å². The van der Waals surface area contributed by atoms with Crippen molar-refractivity contribution >= 4 is 5.69 Å². The van der Waals surface area contributed by atoms with E-state index in [1.54, 1.807) is 0 Å². The summed E-state index contributed by atoms with van der Waals surface area (Å²) in [4.78, 5) is 2.33. The summed E-state index contributed by atoms with van der Waals surface area (Å²) in [6.07, 6.45) is 5.27. The van der Waals surface area contributed by atoms with Gasteiger partial charge in [-0.15, -0.1) is 0 Å². The first-order valence-electron chi connectivity index (χ1n) is 6.77. The van der Waals surface area contributed by atoms with Crippen molar-refractivity contribution in [3.63, 3.8) is 0 Å². The van der Waals surface area contributed by atoms with Crippen molar-refractivity contribution in [3.05, 3.63) is 30.3 Å². The zero-order valence-electron chi connectivity index (χ0n) is 10.8. The molecule has 0 bridgehead atoms. The second-order valence-electron chi connectivity index (χ2n) is 4.95. The minimum atomic E-state index is 0.234. The quantitative estimate of drug-likeness (QED) is 0.884. The van der Waals surface area contributed by atoms with Crippen LogP contribution in [0.25, 0.3) is 0 Å². The van der Waals surface area contributed by atoms with Gasteiger partial charge in [0.1, 0.15) is 0 Å². The molecule has 1 aromatic rings. The van der Waals surface area contributed by atoms with E-state index >= 15 is 0 Å². The van der Waals surface area contributed by atoms with E-state index in [-0.39, 0.29) is 6.04 Å². The molecule has 0 radical (unpaired) electrons. The van der Waals surface area contributed by atoms with Crippen LogP contribution in [-0.4, -0.2) is 18.6 Å². The standard InChI is InChI=1S/C15H21N3/c16-11-6-12-18(13-7-2-1-3-8-13)15-10-5-4-9-14(15)17/h1-3,7-8,14-15H,4-6,9-10,12,17H2. The van der Waals surface area contributed by atoms with E-state index < -0.39 is 0 Å². The normalized spacial score (nSPS) is 23.3. The molecule has 2 atom stereocenters. The van der Waals surface area contributed by atoms with Crippen LogP contribution in [0.15, 0.2) is 30.3 Å². The molecule has 3 heteroatoms. The van der Waals surface area contributed by atoms with Crippen molar-refractivity contribution in [3.8, 4) is 6.07 Å². The summed E-state index contributed by atoms with van der Waals surface area (Å²) in [5, 5.41) is 8.82. The molecule has 0 aliphatic heterocycles. The molecule has 0 saturated heterocycles. The molecule has 1 saturated carbocycles. The summed E-state index contributed by atoms with van der Waals surface area (Å²) in [5.41, 5.74) is 7.45. The van der Waals surface area contributed by atoms with Crippen LogP contribution in [0.4, 0.5) is 5.69 Å². The third-order valence-electron chi connectivity index (χ3n) is 3.73. The second-order valence-corrected chi connectivity index (χ2v) is 4.95. The maximum absolute atomic E-state index is 8.82. The average Bonchev–Trinajstić information content (AvgIpc) is 2.42. The monoisotopic (exact) mass is 243 g/mol. The summed E-state index contributed by atoms with van der Waals surface area (Å²) in [6, 6.07) is 13.2. The van der Waals surface area contributed by atoms with Crippen molar-refractivity contribution in [1.82, 2.24) is 0 Å². The molecule has 18 heavy (non-hydrogen) atoms. The van der Waals surface area contributed by atoms with Gasteiger partial charge in [0, 0.05) is 24.3 Å². The van der Waals surface area contributed by atoms with Crippen LogP contribution >= 0.6 is 0 Å². The van der Waals surface area contributed by atoms with Gasteiger partial charge in [0.05, 0.1) is 12.5 Å². The maximum atomic E-state index is 8.82. The van der Waals surface area contributed by atoms with Crippen LogP contribution in [0, 0.1) is 11.3 Å². The molecule has 2 rings (SSSR count). The van der Waals surface area contributed by atoms with Crippen molar-refractivity contribution in [1.29, 1.82) is 5.26 Å². The number of rotatable bonds is 4. The fourth-order valence-electron chi connectivity index (χ4n) is 2.80. The zero-order valence-corrected chi connectivity index (χ0v) is 10.8. The molecule has 0 heterocycles. The topological polar surface area (TPSA) is 53.0 Å². The molecule has 1 aromatic carbocycles. The molecule has 1 fully saturated rings. The maximum Gasteiger partial charge on any atom is 0.0640 e. The number of benzene rings is 1. The zero-order chi connectivity index (χ0) is 12.8. The molecular formula is C15H21N3. The summed E-state index contributed by atoms with van der Waals surface area (Å²) in [7, 11) is 0. The number of nitrogens with two attached hydrogens (primary N) is 1. The van der Waals surface area contributed by atoms with Gasteiger partial charge in [0.25, 0.3) is 0 Å². The van der Waals surface area contributed by atoms with Gasteiger partial charge < -0.3 is 10.6 Å². The Morgan fingerprint density at radius 3 is 2.61 bits per heavy atom. The minimum absolute atomic E-state index is 0.234. The number of anilines is 1. The second kappa shape index (κ2) is 6.42. The van der Waals surface area contributed by atoms with E-state index in [1.807, 2.05) is 18.2 Å². The van der Waals surface area contributed by atoms with Gasteiger partial charge in [-0.2, -0.15) is 5.26 Å².